The van der Waals surface area contributed by atoms with Crippen LogP contribution in [0.2, 0.25) is 0 Å². The van der Waals surface area contributed by atoms with Gasteiger partial charge in [-0.1, -0.05) is 0 Å². The molecule has 0 aliphatic carbocycles. The van der Waals surface area contributed by atoms with E-state index in [9.17, 15) is 4.79 Å². The van der Waals surface area contributed by atoms with Crippen LogP contribution in [0.15, 0.2) is 24.5 Å². The van der Waals surface area contributed by atoms with Crippen LogP contribution in [-0.4, -0.2) is 33.2 Å². The zero-order chi connectivity index (χ0) is 12.3. The molecule has 1 N–H and O–H groups in total. The van der Waals surface area contributed by atoms with Crippen molar-refractivity contribution in [3.8, 4) is 11.4 Å². The Balaban J connectivity index is 2.43. The van der Waals surface area contributed by atoms with E-state index in [-0.39, 0.29) is 5.91 Å². The van der Waals surface area contributed by atoms with Gasteiger partial charge in [-0.3, -0.25) is 4.79 Å². The molecule has 0 aliphatic rings. The largest absolute Gasteiger partial charge is 0.494 e. The molecule has 0 radical (unpaired) electrons. The van der Waals surface area contributed by atoms with Gasteiger partial charge in [-0.25, -0.2) is 0 Å². The Hall–Kier alpha value is -2.44. The molecule has 0 aliphatic heterocycles. The lowest BCUT2D eigenvalue weighted by Crippen LogP contribution is -2.07. The summed E-state index contributed by atoms with van der Waals surface area (Å²) in [6.07, 6.45) is 1.45. The fourth-order valence-electron chi connectivity index (χ4n) is 1.42. The molecule has 2 aromatic rings. The molecule has 1 aromatic heterocycles. The number of rotatable bonds is 3. The first kappa shape index (κ1) is 11.1. The van der Waals surface area contributed by atoms with E-state index >= 15 is 0 Å². The number of anilines is 1. The molecule has 1 aromatic carbocycles. The van der Waals surface area contributed by atoms with Crippen LogP contribution < -0.4 is 10.1 Å². The van der Waals surface area contributed by atoms with Crippen molar-refractivity contribution in [1.29, 1.82) is 0 Å². The van der Waals surface area contributed by atoms with Crippen molar-refractivity contribution >= 4 is 11.6 Å². The Morgan fingerprint density at radius 3 is 2.88 bits per heavy atom. The average molecular weight is 233 g/mol. The molecule has 0 unspecified atom stereocenters. The van der Waals surface area contributed by atoms with E-state index in [1.54, 1.807) is 25.3 Å². The van der Waals surface area contributed by atoms with Crippen LogP contribution in [0.3, 0.4) is 0 Å². The van der Waals surface area contributed by atoms with Gasteiger partial charge in [0.05, 0.1) is 7.11 Å². The number of carbonyl (C=O) groups is 1. The van der Waals surface area contributed by atoms with Gasteiger partial charge in [-0.05, 0) is 28.6 Å². The SMILES string of the molecule is COc1ccc(NC(C)=O)cc1-n1cnnn1. The number of ether oxygens (including phenoxy) is 1. The van der Waals surface area contributed by atoms with Crippen LogP contribution in [0.1, 0.15) is 6.92 Å². The minimum atomic E-state index is -0.141. The lowest BCUT2D eigenvalue weighted by molar-refractivity contribution is -0.114. The predicted molar refractivity (Wildman–Crippen MR) is 60.0 cm³/mol. The van der Waals surface area contributed by atoms with Gasteiger partial charge in [0.1, 0.15) is 17.8 Å². The van der Waals surface area contributed by atoms with Crippen LogP contribution in [0.25, 0.3) is 5.69 Å². The fourth-order valence-corrected chi connectivity index (χ4v) is 1.42. The lowest BCUT2D eigenvalue weighted by atomic mass is 10.2. The molecule has 2 rings (SSSR count). The maximum Gasteiger partial charge on any atom is 0.221 e. The Kier molecular flexibility index (Phi) is 2.99. The molecule has 1 amide bonds. The summed E-state index contributed by atoms with van der Waals surface area (Å²) < 4.78 is 6.66. The van der Waals surface area contributed by atoms with Gasteiger partial charge >= 0.3 is 0 Å². The highest BCUT2D eigenvalue weighted by molar-refractivity contribution is 5.89. The molecular weight excluding hydrogens is 222 g/mol. The van der Waals surface area contributed by atoms with Crippen molar-refractivity contribution in [2.24, 2.45) is 0 Å². The highest BCUT2D eigenvalue weighted by atomic mass is 16.5. The third-order valence-corrected chi connectivity index (χ3v) is 2.10. The van der Waals surface area contributed by atoms with Gasteiger partial charge in [0, 0.05) is 12.6 Å². The quantitative estimate of drug-likeness (QED) is 0.840. The zero-order valence-electron chi connectivity index (χ0n) is 9.41. The number of aromatic nitrogens is 4. The predicted octanol–water partition coefficient (Wildman–Crippen LogP) is 0.629. The highest BCUT2D eigenvalue weighted by Gasteiger charge is 2.08. The minimum absolute atomic E-state index is 0.141. The maximum absolute atomic E-state index is 11.0. The van der Waals surface area contributed by atoms with Crippen molar-refractivity contribution < 1.29 is 9.53 Å². The number of tetrazole rings is 1. The molecule has 0 saturated heterocycles. The van der Waals surface area contributed by atoms with Crippen LogP contribution in [0.4, 0.5) is 5.69 Å². The first-order chi connectivity index (χ1) is 8.20. The number of hydrogen-bond acceptors (Lipinski definition) is 5. The Morgan fingerprint density at radius 1 is 1.47 bits per heavy atom. The van der Waals surface area contributed by atoms with Crippen LogP contribution >= 0.6 is 0 Å². The third kappa shape index (κ3) is 2.39. The van der Waals surface area contributed by atoms with E-state index < -0.39 is 0 Å². The van der Waals surface area contributed by atoms with Crippen molar-refractivity contribution in [3.05, 3.63) is 24.5 Å². The van der Waals surface area contributed by atoms with Crippen LogP contribution in [0, 0.1) is 0 Å². The summed E-state index contributed by atoms with van der Waals surface area (Å²) in [6.45, 7) is 1.45. The minimum Gasteiger partial charge on any atom is -0.494 e. The summed E-state index contributed by atoms with van der Waals surface area (Å²) in [5.74, 6) is 0.476. The van der Waals surface area contributed by atoms with E-state index in [1.165, 1.54) is 17.9 Å². The number of nitrogens with zero attached hydrogens (tertiary/aromatic N) is 4. The number of amides is 1. The van der Waals surface area contributed by atoms with Gasteiger partial charge in [0.25, 0.3) is 0 Å². The Morgan fingerprint density at radius 2 is 2.29 bits per heavy atom. The fraction of sp³-hybridized carbons (Fsp3) is 0.200. The zero-order valence-corrected chi connectivity index (χ0v) is 9.41. The Labute approximate surface area is 97.4 Å². The van der Waals surface area contributed by atoms with Gasteiger partial charge in [-0.2, -0.15) is 4.68 Å². The number of methoxy groups -OCH3 is 1. The van der Waals surface area contributed by atoms with E-state index in [2.05, 4.69) is 20.8 Å². The normalized spacial score (nSPS) is 10.0. The number of carbonyl (C=O) groups excluding carboxylic acids is 1. The number of hydrogen-bond donors (Lipinski definition) is 1. The number of nitrogens with one attached hydrogen (secondary N) is 1. The molecule has 0 bridgehead atoms. The molecule has 88 valence electrons. The van der Waals surface area contributed by atoms with Crippen molar-refractivity contribution in [2.75, 3.05) is 12.4 Å². The molecule has 0 saturated carbocycles. The Bertz CT molecular complexity index is 523. The first-order valence-electron chi connectivity index (χ1n) is 4.89. The smallest absolute Gasteiger partial charge is 0.221 e. The van der Waals surface area contributed by atoms with E-state index in [0.717, 1.165) is 0 Å². The molecule has 0 spiro atoms. The van der Waals surface area contributed by atoms with Crippen molar-refractivity contribution in [2.45, 2.75) is 6.92 Å². The van der Waals surface area contributed by atoms with Gasteiger partial charge < -0.3 is 10.1 Å². The highest BCUT2D eigenvalue weighted by Crippen LogP contribution is 2.25. The molecular formula is C10H11N5O2. The standard InChI is InChI=1S/C10H11N5O2/c1-7(16)12-8-3-4-10(17-2)9(5-8)15-6-11-13-14-15/h3-6H,1-2H3,(H,12,16). The van der Waals surface area contributed by atoms with Gasteiger partial charge in [0.15, 0.2) is 0 Å². The second-order valence-electron chi connectivity index (χ2n) is 3.32. The van der Waals surface area contributed by atoms with Gasteiger partial charge in [-0.15, -0.1) is 5.10 Å². The molecule has 7 heteroatoms. The summed E-state index contributed by atoms with van der Waals surface area (Å²) in [7, 11) is 1.56. The van der Waals surface area contributed by atoms with Crippen molar-refractivity contribution in [3.63, 3.8) is 0 Å². The molecule has 0 fully saturated rings. The summed E-state index contributed by atoms with van der Waals surface area (Å²) in [6, 6.07) is 5.22. The van der Waals surface area contributed by atoms with Gasteiger partial charge in [0.2, 0.25) is 5.91 Å². The summed E-state index contributed by atoms with van der Waals surface area (Å²) in [4.78, 5) is 11.0. The van der Waals surface area contributed by atoms with E-state index in [1.807, 2.05) is 0 Å². The molecule has 0 atom stereocenters. The molecule has 17 heavy (non-hydrogen) atoms. The first-order valence-corrected chi connectivity index (χ1v) is 4.89. The van der Waals surface area contributed by atoms with Crippen LogP contribution in [0.5, 0.6) is 5.75 Å². The average Bonchev–Trinajstić information content (AvgIpc) is 2.81. The monoisotopic (exact) mass is 233 g/mol. The third-order valence-electron chi connectivity index (χ3n) is 2.10. The molecule has 1 heterocycles. The second-order valence-corrected chi connectivity index (χ2v) is 3.32. The lowest BCUT2D eigenvalue weighted by Gasteiger charge is -2.09. The van der Waals surface area contributed by atoms with E-state index in [0.29, 0.717) is 17.1 Å². The topological polar surface area (TPSA) is 81.9 Å². The molecule has 7 nitrogen and oxygen atoms in total. The second kappa shape index (κ2) is 4.60. The van der Waals surface area contributed by atoms with Crippen LogP contribution in [-0.2, 0) is 4.79 Å². The van der Waals surface area contributed by atoms with Crippen molar-refractivity contribution in [1.82, 2.24) is 20.2 Å². The maximum atomic E-state index is 11.0. The summed E-state index contributed by atoms with van der Waals surface area (Å²) in [5.41, 5.74) is 1.31. The summed E-state index contributed by atoms with van der Waals surface area (Å²) >= 11 is 0. The number of benzene rings is 1. The van der Waals surface area contributed by atoms with E-state index in [4.69, 9.17) is 4.74 Å². The summed E-state index contributed by atoms with van der Waals surface area (Å²) in [5, 5.41) is 13.6.